The summed E-state index contributed by atoms with van der Waals surface area (Å²) >= 11 is 0. The number of H-pyrrole nitrogens is 1. The predicted octanol–water partition coefficient (Wildman–Crippen LogP) is 4.08. The van der Waals surface area contributed by atoms with Gasteiger partial charge >= 0.3 is 0 Å². The molecule has 2 N–H and O–H groups in total. The van der Waals surface area contributed by atoms with E-state index in [2.05, 4.69) is 32.3 Å². The van der Waals surface area contributed by atoms with Gasteiger partial charge in [0.15, 0.2) is 0 Å². The number of pyridine rings is 1. The lowest BCUT2D eigenvalue weighted by atomic mass is 10.2. The Morgan fingerprint density at radius 2 is 1.97 bits per heavy atom. The van der Waals surface area contributed by atoms with Crippen molar-refractivity contribution < 1.29 is 9.53 Å². The molecule has 1 amide bonds. The van der Waals surface area contributed by atoms with Crippen LogP contribution in [0.5, 0.6) is 5.75 Å². The van der Waals surface area contributed by atoms with Gasteiger partial charge < -0.3 is 24.8 Å². The molecule has 0 spiro atoms. The zero-order valence-corrected chi connectivity index (χ0v) is 20.0. The molecule has 1 aliphatic rings. The van der Waals surface area contributed by atoms with E-state index in [0.29, 0.717) is 5.69 Å². The molecule has 1 atom stereocenters. The molecule has 0 aliphatic carbocycles. The van der Waals surface area contributed by atoms with E-state index in [0.717, 1.165) is 61.6 Å². The number of aromatic nitrogens is 2. The molecule has 7 heteroatoms. The van der Waals surface area contributed by atoms with Gasteiger partial charge in [0.05, 0.1) is 7.11 Å². The number of anilines is 1. The van der Waals surface area contributed by atoms with Gasteiger partial charge in [-0.15, -0.1) is 0 Å². The first-order chi connectivity index (χ1) is 17.2. The molecule has 2 aromatic heterocycles. The summed E-state index contributed by atoms with van der Waals surface area (Å²) in [6.45, 7) is 3.87. The Labute approximate surface area is 205 Å². The molecule has 5 rings (SSSR count). The lowest BCUT2D eigenvalue weighted by Crippen LogP contribution is -2.39. The van der Waals surface area contributed by atoms with Crippen LogP contribution < -0.4 is 15.0 Å². The number of nitrogens with zero attached hydrogens (tertiary/aromatic N) is 3. The van der Waals surface area contributed by atoms with E-state index in [4.69, 9.17) is 4.74 Å². The number of fused-ring (bicyclic) bond motifs is 1. The minimum absolute atomic E-state index is 0.0696. The lowest BCUT2D eigenvalue weighted by Gasteiger charge is -2.25. The number of aromatic amines is 1. The third kappa shape index (κ3) is 5.46. The van der Waals surface area contributed by atoms with Crippen molar-refractivity contribution in [2.24, 2.45) is 0 Å². The summed E-state index contributed by atoms with van der Waals surface area (Å²) in [5, 5.41) is 4.72. The summed E-state index contributed by atoms with van der Waals surface area (Å²) in [4.78, 5) is 25.1. The number of likely N-dealkylation sites (tertiary alicyclic amines) is 1. The van der Waals surface area contributed by atoms with Gasteiger partial charge in [0.1, 0.15) is 17.3 Å². The average Bonchev–Trinajstić information content (AvgIpc) is 3.56. The minimum atomic E-state index is 0.0696. The van der Waals surface area contributed by atoms with Crippen LogP contribution in [0.2, 0.25) is 0 Å². The van der Waals surface area contributed by atoms with Gasteiger partial charge in [-0.2, -0.15) is 0 Å². The van der Waals surface area contributed by atoms with Crippen LogP contribution in [0, 0.1) is 0 Å². The topological polar surface area (TPSA) is 73.5 Å². The largest absolute Gasteiger partial charge is 0.497 e. The Balaban J connectivity index is 1.16. The fourth-order valence-electron chi connectivity index (χ4n) is 4.64. The Morgan fingerprint density at radius 1 is 1.14 bits per heavy atom. The monoisotopic (exact) mass is 469 g/mol. The second-order valence-electron chi connectivity index (χ2n) is 8.92. The number of nitrogens with one attached hydrogen (secondary N) is 2. The molecule has 0 saturated carbocycles. The number of rotatable bonds is 9. The molecule has 1 saturated heterocycles. The van der Waals surface area contributed by atoms with Crippen molar-refractivity contribution in [3.8, 4) is 5.75 Å². The van der Waals surface area contributed by atoms with Gasteiger partial charge in [-0.25, -0.2) is 4.98 Å². The smallest absolute Gasteiger partial charge is 0.270 e. The molecule has 180 valence electrons. The number of methoxy groups -OCH3 is 1. The molecule has 0 bridgehead atoms. The highest BCUT2D eigenvalue weighted by Gasteiger charge is 2.27. The number of ether oxygens (including phenoxy) is 1. The summed E-state index contributed by atoms with van der Waals surface area (Å²) in [6.07, 6.45) is 2.78. The summed E-state index contributed by atoms with van der Waals surface area (Å²) < 4.78 is 5.28. The SMILES string of the molecule is COc1ccc(CN(CCN[C@H]2CCN(C(=O)c3cc4ccccc4[nH]3)C2)c2ccccn2)cc1. The molecule has 7 nitrogen and oxygen atoms in total. The summed E-state index contributed by atoms with van der Waals surface area (Å²) in [5.74, 6) is 1.87. The van der Waals surface area contributed by atoms with Crippen LogP contribution in [0.1, 0.15) is 22.5 Å². The number of carbonyl (C=O) groups is 1. The quantitative estimate of drug-likeness (QED) is 0.386. The van der Waals surface area contributed by atoms with E-state index < -0.39 is 0 Å². The van der Waals surface area contributed by atoms with Crippen LogP contribution in [0.3, 0.4) is 0 Å². The first-order valence-corrected chi connectivity index (χ1v) is 12.1. The highest BCUT2D eigenvalue weighted by Crippen LogP contribution is 2.19. The van der Waals surface area contributed by atoms with Crippen LogP contribution in [0.25, 0.3) is 10.9 Å². The maximum absolute atomic E-state index is 13.0. The number of amides is 1. The molecule has 1 fully saturated rings. The average molecular weight is 470 g/mol. The Hall–Kier alpha value is -3.84. The molecule has 35 heavy (non-hydrogen) atoms. The van der Waals surface area contributed by atoms with Crippen molar-refractivity contribution in [1.82, 2.24) is 20.2 Å². The van der Waals surface area contributed by atoms with Crippen molar-refractivity contribution in [3.05, 3.63) is 90.3 Å². The fourth-order valence-corrected chi connectivity index (χ4v) is 4.64. The van der Waals surface area contributed by atoms with Crippen LogP contribution >= 0.6 is 0 Å². The highest BCUT2D eigenvalue weighted by atomic mass is 16.5. The molecule has 4 aromatic rings. The fraction of sp³-hybridized carbons (Fsp3) is 0.286. The molecular formula is C28H31N5O2. The summed E-state index contributed by atoms with van der Waals surface area (Å²) in [7, 11) is 1.68. The van der Waals surface area contributed by atoms with Crippen LogP contribution in [0.15, 0.2) is 79.0 Å². The van der Waals surface area contributed by atoms with Crippen LogP contribution in [-0.4, -0.2) is 60.1 Å². The number of para-hydroxylation sites is 1. The molecule has 3 heterocycles. The van der Waals surface area contributed by atoms with Gasteiger partial charge in [-0.1, -0.05) is 36.4 Å². The number of carbonyl (C=O) groups excluding carboxylic acids is 1. The Morgan fingerprint density at radius 3 is 2.74 bits per heavy atom. The van der Waals surface area contributed by atoms with Gasteiger partial charge in [0.2, 0.25) is 0 Å². The summed E-state index contributed by atoms with van der Waals surface area (Å²) in [5.41, 5.74) is 2.86. The zero-order valence-electron chi connectivity index (χ0n) is 20.0. The molecule has 1 aliphatic heterocycles. The molecular weight excluding hydrogens is 438 g/mol. The van der Waals surface area contributed by atoms with Gasteiger partial charge in [0, 0.05) is 55.9 Å². The van der Waals surface area contributed by atoms with Gasteiger partial charge in [0.25, 0.3) is 5.91 Å². The van der Waals surface area contributed by atoms with Crippen molar-refractivity contribution in [2.45, 2.75) is 19.0 Å². The van der Waals surface area contributed by atoms with Crippen molar-refractivity contribution in [2.75, 3.05) is 38.2 Å². The van der Waals surface area contributed by atoms with E-state index in [1.54, 1.807) is 7.11 Å². The van der Waals surface area contributed by atoms with Crippen LogP contribution in [-0.2, 0) is 6.54 Å². The van der Waals surface area contributed by atoms with E-state index in [1.807, 2.05) is 71.8 Å². The predicted molar refractivity (Wildman–Crippen MR) is 139 cm³/mol. The number of hydrogen-bond donors (Lipinski definition) is 2. The van der Waals surface area contributed by atoms with E-state index in [-0.39, 0.29) is 11.9 Å². The third-order valence-corrected chi connectivity index (χ3v) is 6.56. The minimum Gasteiger partial charge on any atom is -0.497 e. The normalized spacial score (nSPS) is 15.5. The van der Waals surface area contributed by atoms with Crippen molar-refractivity contribution in [3.63, 3.8) is 0 Å². The standard InChI is InChI=1S/C28H31N5O2/c1-35-24-11-9-21(10-12-24)19-32(27-8-4-5-14-30-27)17-15-29-23-13-16-33(20-23)28(34)26-18-22-6-2-3-7-25(22)31-26/h2-12,14,18,23,29,31H,13,15-17,19-20H2,1H3/t23-/m0/s1. The van der Waals surface area contributed by atoms with Gasteiger partial charge in [-0.3, -0.25) is 4.79 Å². The second-order valence-corrected chi connectivity index (χ2v) is 8.92. The van der Waals surface area contributed by atoms with E-state index in [1.165, 1.54) is 5.56 Å². The number of hydrogen-bond acceptors (Lipinski definition) is 5. The maximum Gasteiger partial charge on any atom is 0.270 e. The van der Waals surface area contributed by atoms with E-state index in [9.17, 15) is 4.79 Å². The lowest BCUT2D eigenvalue weighted by molar-refractivity contribution is 0.0784. The Kier molecular flexibility index (Phi) is 6.95. The highest BCUT2D eigenvalue weighted by molar-refractivity contribution is 5.98. The van der Waals surface area contributed by atoms with E-state index >= 15 is 0 Å². The maximum atomic E-state index is 13.0. The van der Waals surface area contributed by atoms with Crippen LogP contribution in [0.4, 0.5) is 5.82 Å². The zero-order chi connectivity index (χ0) is 24.0. The first-order valence-electron chi connectivity index (χ1n) is 12.1. The molecule has 0 radical (unpaired) electrons. The number of benzene rings is 2. The van der Waals surface area contributed by atoms with Crippen molar-refractivity contribution in [1.29, 1.82) is 0 Å². The first kappa shape index (κ1) is 22.9. The third-order valence-electron chi connectivity index (χ3n) is 6.56. The van der Waals surface area contributed by atoms with Crippen molar-refractivity contribution >= 4 is 22.6 Å². The molecule has 0 unspecified atom stereocenters. The second kappa shape index (κ2) is 10.6. The Bertz CT molecular complexity index is 1220. The molecule has 2 aromatic carbocycles. The van der Waals surface area contributed by atoms with Gasteiger partial charge in [-0.05, 0) is 48.4 Å². The summed E-state index contributed by atoms with van der Waals surface area (Å²) in [6, 6.07) is 24.4.